The highest BCUT2D eigenvalue weighted by atomic mass is 19.4. The summed E-state index contributed by atoms with van der Waals surface area (Å²) in [6.45, 7) is 1.79. The fourth-order valence-electron chi connectivity index (χ4n) is 3.46. The molecule has 3 rings (SSSR count). The molecule has 0 spiro atoms. The first-order chi connectivity index (χ1) is 8.47. The lowest BCUT2D eigenvalue weighted by Gasteiger charge is -2.44. The predicted octanol–water partition coefficient (Wildman–Crippen LogP) is 2.28. The molecule has 1 N–H and O–H groups in total. The molecule has 1 saturated carbocycles. The van der Waals surface area contributed by atoms with E-state index in [1.165, 1.54) is 4.90 Å². The highest BCUT2D eigenvalue weighted by molar-refractivity contribution is 5.84. The molecule has 1 saturated heterocycles. The predicted molar refractivity (Wildman–Crippen MR) is 62.4 cm³/mol. The van der Waals surface area contributed by atoms with Gasteiger partial charge in [0.05, 0.1) is 12.1 Å². The molecular weight excluding hydrogens is 243 g/mol. The van der Waals surface area contributed by atoms with Crippen LogP contribution in [-0.2, 0) is 0 Å². The number of hydrogen-bond donors (Lipinski definition) is 1. The minimum atomic E-state index is -4.16. The number of hydrogen-bond acceptors (Lipinski definition) is 3. The van der Waals surface area contributed by atoms with E-state index in [-0.39, 0.29) is 24.5 Å². The second kappa shape index (κ2) is 4.03. The Morgan fingerprint density at radius 2 is 2.00 bits per heavy atom. The van der Waals surface area contributed by atoms with Crippen LogP contribution in [0.25, 0.3) is 0 Å². The van der Waals surface area contributed by atoms with Gasteiger partial charge in [-0.1, -0.05) is 12.8 Å². The van der Waals surface area contributed by atoms with Crippen LogP contribution in [-0.4, -0.2) is 41.2 Å². The van der Waals surface area contributed by atoms with Gasteiger partial charge >= 0.3 is 6.18 Å². The van der Waals surface area contributed by atoms with Crippen molar-refractivity contribution in [2.75, 3.05) is 0 Å². The van der Waals surface area contributed by atoms with Crippen molar-refractivity contribution in [3.8, 4) is 0 Å². The largest absolute Gasteiger partial charge is 0.408 e. The maximum Gasteiger partial charge on any atom is 0.408 e. The standard InChI is InChI=1S/C12H18F3N3/c1-7-6-10(12(13,14)15)18-9-5-3-2-4-8(9)17-11(18)16-7/h7-10H,2-6H2,1H3,(H,16,17). The normalized spacial score (nSPS) is 39.8. The van der Waals surface area contributed by atoms with Gasteiger partial charge in [-0.15, -0.1) is 0 Å². The number of rotatable bonds is 0. The highest BCUT2D eigenvalue weighted by Gasteiger charge is 2.53. The molecule has 18 heavy (non-hydrogen) atoms. The van der Waals surface area contributed by atoms with E-state index in [0.29, 0.717) is 5.96 Å². The maximum atomic E-state index is 13.2. The van der Waals surface area contributed by atoms with Gasteiger partial charge in [-0.25, -0.2) is 4.99 Å². The quantitative estimate of drug-likeness (QED) is 0.724. The van der Waals surface area contributed by atoms with Gasteiger partial charge < -0.3 is 10.2 Å². The Bertz CT molecular complexity index is 366. The van der Waals surface area contributed by atoms with Crippen LogP contribution in [0, 0.1) is 0 Å². The van der Waals surface area contributed by atoms with E-state index >= 15 is 0 Å². The zero-order valence-electron chi connectivity index (χ0n) is 10.4. The number of fused-ring (bicyclic) bond motifs is 3. The van der Waals surface area contributed by atoms with Gasteiger partial charge in [0.15, 0.2) is 5.96 Å². The molecule has 2 aliphatic heterocycles. The monoisotopic (exact) mass is 261 g/mol. The van der Waals surface area contributed by atoms with Gasteiger partial charge in [0, 0.05) is 6.04 Å². The number of halogens is 3. The van der Waals surface area contributed by atoms with Gasteiger partial charge in [-0.2, -0.15) is 13.2 Å². The summed E-state index contributed by atoms with van der Waals surface area (Å²) in [4.78, 5) is 6.00. The van der Waals surface area contributed by atoms with Crippen LogP contribution in [0.15, 0.2) is 4.99 Å². The smallest absolute Gasteiger partial charge is 0.354 e. The van der Waals surface area contributed by atoms with Gasteiger partial charge in [0.2, 0.25) is 0 Å². The summed E-state index contributed by atoms with van der Waals surface area (Å²) in [5.74, 6) is 0.480. The third-order valence-electron chi connectivity index (χ3n) is 4.25. The fraction of sp³-hybridized carbons (Fsp3) is 0.917. The molecule has 0 aromatic rings. The summed E-state index contributed by atoms with van der Waals surface area (Å²) in [5.41, 5.74) is 0. The van der Waals surface area contributed by atoms with E-state index < -0.39 is 12.2 Å². The SMILES string of the molecule is CC1CC(C(F)(F)F)N2C(=NC3CCCCC32)N1. The van der Waals surface area contributed by atoms with Crippen molar-refractivity contribution in [3.63, 3.8) is 0 Å². The molecule has 2 fully saturated rings. The zero-order valence-corrected chi connectivity index (χ0v) is 10.4. The second-order valence-corrected chi connectivity index (χ2v) is 5.62. The van der Waals surface area contributed by atoms with E-state index in [0.717, 1.165) is 25.7 Å². The Hall–Kier alpha value is -0.940. The molecule has 1 aliphatic carbocycles. The van der Waals surface area contributed by atoms with E-state index in [9.17, 15) is 13.2 Å². The summed E-state index contributed by atoms with van der Waals surface area (Å²) < 4.78 is 39.6. The zero-order chi connectivity index (χ0) is 12.9. The first-order valence-corrected chi connectivity index (χ1v) is 6.66. The molecule has 4 unspecified atom stereocenters. The average molecular weight is 261 g/mol. The minimum absolute atomic E-state index is 0.0413. The number of guanidine groups is 1. The average Bonchev–Trinajstić information content (AvgIpc) is 2.64. The Labute approximate surface area is 104 Å². The van der Waals surface area contributed by atoms with E-state index in [4.69, 9.17) is 0 Å². The van der Waals surface area contributed by atoms with E-state index in [2.05, 4.69) is 10.3 Å². The molecule has 3 nitrogen and oxygen atoms in total. The van der Waals surface area contributed by atoms with Crippen LogP contribution >= 0.6 is 0 Å². The number of nitrogens with one attached hydrogen (secondary N) is 1. The number of alkyl halides is 3. The molecule has 0 radical (unpaired) electrons. The van der Waals surface area contributed by atoms with Crippen molar-refractivity contribution in [3.05, 3.63) is 0 Å². The molecule has 6 heteroatoms. The lowest BCUT2D eigenvalue weighted by atomic mass is 9.89. The van der Waals surface area contributed by atoms with Crippen LogP contribution in [0.5, 0.6) is 0 Å². The first kappa shape index (κ1) is 12.1. The lowest BCUT2D eigenvalue weighted by Crippen LogP contribution is -2.62. The van der Waals surface area contributed by atoms with Crippen molar-refractivity contribution in [2.45, 2.75) is 69.4 Å². The fourth-order valence-corrected chi connectivity index (χ4v) is 3.46. The number of aliphatic imine (C=N–C) groups is 1. The summed E-state index contributed by atoms with van der Waals surface area (Å²) in [6, 6.07) is -1.50. The van der Waals surface area contributed by atoms with Crippen LogP contribution in [0.3, 0.4) is 0 Å². The van der Waals surface area contributed by atoms with Gasteiger partial charge in [-0.05, 0) is 26.2 Å². The second-order valence-electron chi connectivity index (χ2n) is 5.62. The summed E-state index contributed by atoms with van der Waals surface area (Å²) in [5, 5.41) is 3.11. The molecule has 0 aromatic heterocycles. The minimum Gasteiger partial charge on any atom is -0.354 e. The highest BCUT2D eigenvalue weighted by Crippen LogP contribution is 2.39. The summed E-state index contributed by atoms with van der Waals surface area (Å²) in [6.07, 6.45) is -0.195. The van der Waals surface area contributed by atoms with Crippen molar-refractivity contribution < 1.29 is 13.2 Å². The lowest BCUT2D eigenvalue weighted by molar-refractivity contribution is -0.184. The molecule has 0 bridgehead atoms. The molecule has 102 valence electrons. The van der Waals surface area contributed by atoms with Crippen LogP contribution in [0.4, 0.5) is 13.2 Å². The van der Waals surface area contributed by atoms with Crippen molar-refractivity contribution in [1.29, 1.82) is 0 Å². The Morgan fingerprint density at radius 1 is 1.28 bits per heavy atom. The molecule has 4 atom stereocenters. The van der Waals surface area contributed by atoms with Crippen molar-refractivity contribution in [1.82, 2.24) is 10.2 Å². The summed E-state index contributed by atoms with van der Waals surface area (Å²) in [7, 11) is 0. The first-order valence-electron chi connectivity index (χ1n) is 6.66. The molecular formula is C12H18F3N3. The third-order valence-corrected chi connectivity index (χ3v) is 4.25. The summed E-state index contributed by atoms with van der Waals surface area (Å²) >= 11 is 0. The Balaban J connectivity index is 1.91. The topological polar surface area (TPSA) is 27.6 Å². The van der Waals surface area contributed by atoms with Gasteiger partial charge in [-0.3, -0.25) is 0 Å². The van der Waals surface area contributed by atoms with Crippen molar-refractivity contribution >= 4 is 5.96 Å². The molecule has 0 amide bonds. The van der Waals surface area contributed by atoms with Gasteiger partial charge in [0.25, 0.3) is 0 Å². The maximum absolute atomic E-state index is 13.2. The molecule has 2 heterocycles. The van der Waals surface area contributed by atoms with E-state index in [1.807, 2.05) is 0 Å². The number of nitrogens with zero attached hydrogens (tertiary/aromatic N) is 2. The molecule has 3 aliphatic rings. The Kier molecular flexibility index (Phi) is 2.71. The third kappa shape index (κ3) is 1.86. The Morgan fingerprint density at radius 3 is 2.72 bits per heavy atom. The van der Waals surface area contributed by atoms with Crippen LogP contribution in [0.2, 0.25) is 0 Å². The van der Waals surface area contributed by atoms with Gasteiger partial charge in [0.1, 0.15) is 6.04 Å². The van der Waals surface area contributed by atoms with Crippen LogP contribution < -0.4 is 5.32 Å². The van der Waals surface area contributed by atoms with Crippen molar-refractivity contribution in [2.24, 2.45) is 4.99 Å². The molecule has 0 aromatic carbocycles. The van der Waals surface area contributed by atoms with E-state index in [1.54, 1.807) is 6.92 Å². The van der Waals surface area contributed by atoms with Crippen LogP contribution in [0.1, 0.15) is 39.0 Å².